The largest absolute Gasteiger partial charge is 0.356 e. The topological polar surface area (TPSA) is 67.2 Å². The molecular weight excluding hydrogens is 290 g/mol. The highest BCUT2D eigenvalue weighted by atomic mass is 35.5. The number of aromatic nitrogens is 1. The molecule has 2 heterocycles. The van der Waals surface area contributed by atoms with E-state index in [0.29, 0.717) is 5.69 Å². The molecule has 1 saturated heterocycles. The highest BCUT2D eigenvalue weighted by Crippen LogP contribution is 2.20. The van der Waals surface area contributed by atoms with E-state index in [1.165, 1.54) is 0 Å². The molecule has 0 bridgehead atoms. The van der Waals surface area contributed by atoms with Crippen molar-refractivity contribution in [3.05, 3.63) is 30.0 Å². The van der Waals surface area contributed by atoms with Crippen LogP contribution in [0.15, 0.2) is 28.8 Å². The number of benzene rings is 1. The van der Waals surface area contributed by atoms with Crippen LogP contribution >= 0.6 is 12.4 Å². The Hall–Kier alpha value is -1.59. The molecule has 1 aliphatic heterocycles. The number of carbonyl (C=O) groups is 1. The zero-order valence-corrected chi connectivity index (χ0v) is 12.8. The monoisotopic (exact) mass is 309 g/mol. The van der Waals surface area contributed by atoms with Gasteiger partial charge in [-0.1, -0.05) is 17.3 Å². The number of hydrogen-bond acceptors (Lipinski definition) is 4. The molecule has 5 nitrogen and oxygen atoms in total. The predicted molar refractivity (Wildman–Crippen MR) is 83.6 cm³/mol. The minimum absolute atomic E-state index is 0. The molecule has 1 aromatic heterocycles. The van der Waals surface area contributed by atoms with Gasteiger partial charge in [-0.05, 0) is 45.0 Å². The van der Waals surface area contributed by atoms with Crippen molar-refractivity contribution < 1.29 is 9.32 Å². The van der Waals surface area contributed by atoms with E-state index in [9.17, 15) is 4.79 Å². The minimum atomic E-state index is -0.109. The van der Waals surface area contributed by atoms with Gasteiger partial charge in [0.15, 0.2) is 5.58 Å². The van der Waals surface area contributed by atoms with Crippen LogP contribution in [0.1, 0.15) is 25.5 Å². The van der Waals surface area contributed by atoms with E-state index < -0.39 is 0 Å². The molecule has 1 amide bonds. The Labute approximate surface area is 129 Å². The molecule has 21 heavy (non-hydrogen) atoms. The summed E-state index contributed by atoms with van der Waals surface area (Å²) in [5, 5.41) is 11.4. The van der Waals surface area contributed by atoms with Crippen LogP contribution in [0.3, 0.4) is 0 Å². The molecule has 0 radical (unpaired) electrons. The van der Waals surface area contributed by atoms with Gasteiger partial charge in [0.25, 0.3) is 0 Å². The van der Waals surface area contributed by atoms with Crippen molar-refractivity contribution in [3.8, 4) is 0 Å². The Balaban J connectivity index is 0.00000161. The number of fused-ring (bicyclic) bond motifs is 1. The standard InChI is InChI=1S/C15H19N3O2.ClH/c1-15(6-8-16-9-7-15)17-14(19)10-12-11-4-2-3-5-13(11)20-18-12;/h2-5,16H,6-10H2,1H3,(H,17,19);1H. The Morgan fingerprint density at radius 3 is 2.86 bits per heavy atom. The Bertz CT molecular complexity index is 620. The first-order chi connectivity index (χ1) is 9.66. The van der Waals surface area contributed by atoms with Crippen LogP contribution in [0.25, 0.3) is 11.0 Å². The third kappa shape index (κ3) is 3.54. The quantitative estimate of drug-likeness (QED) is 0.910. The van der Waals surface area contributed by atoms with Crippen LogP contribution < -0.4 is 10.6 Å². The molecular formula is C15H20ClN3O2. The maximum absolute atomic E-state index is 12.2. The van der Waals surface area contributed by atoms with Crippen molar-refractivity contribution >= 4 is 29.3 Å². The number of halogens is 1. The number of nitrogens with zero attached hydrogens (tertiary/aromatic N) is 1. The van der Waals surface area contributed by atoms with Gasteiger partial charge >= 0.3 is 0 Å². The van der Waals surface area contributed by atoms with Crippen molar-refractivity contribution in [2.24, 2.45) is 0 Å². The third-order valence-electron chi connectivity index (χ3n) is 3.93. The van der Waals surface area contributed by atoms with Crippen molar-refractivity contribution in [2.45, 2.75) is 31.7 Å². The van der Waals surface area contributed by atoms with E-state index in [-0.39, 0.29) is 30.3 Å². The van der Waals surface area contributed by atoms with Gasteiger partial charge < -0.3 is 15.2 Å². The van der Waals surface area contributed by atoms with E-state index in [2.05, 4.69) is 22.7 Å². The highest BCUT2D eigenvalue weighted by Gasteiger charge is 2.28. The molecule has 114 valence electrons. The molecule has 2 N–H and O–H groups in total. The summed E-state index contributed by atoms with van der Waals surface area (Å²) in [6.07, 6.45) is 2.18. The maximum Gasteiger partial charge on any atom is 0.226 e. The zero-order chi connectivity index (χ0) is 14.0. The van der Waals surface area contributed by atoms with Crippen molar-refractivity contribution in [2.75, 3.05) is 13.1 Å². The summed E-state index contributed by atoms with van der Waals surface area (Å²) in [6.45, 7) is 4.00. The Kier molecular flexibility index (Phi) is 4.85. The van der Waals surface area contributed by atoms with E-state index in [1.54, 1.807) is 0 Å². The van der Waals surface area contributed by atoms with Crippen LogP contribution in [-0.4, -0.2) is 29.7 Å². The number of para-hydroxylation sites is 1. The first-order valence-electron chi connectivity index (χ1n) is 7.01. The summed E-state index contributed by atoms with van der Waals surface area (Å²) in [5.41, 5.74) is 1.32. The lowest BCUT2D eigenvalue weighted by molar-refractivity contribution is -0.122. The van der Waals surface area contributed by atoms with Crippen LogP contribution in [0.2, 0.25) is 0 Å². The molecule has 0 unspecified atom stereocenters. The third-order valence-corrected chi connectivity index (χ3v) is 3.93. The van der Waals surface area contributed by atoms with Gasteiger partial charge in [0.2, 0.25) is 5.91 Å². The molecule has 0 aliphatic carbocycles. The van der Waals surface area contributed by atoms with Crippen LogP contribution in [0.5, 0.6) is 0 Å². The molecule has 0 saturated carbocycles. The van der Waals surface area contributed by atoms with E-state index in [4.69, 9.17) is 4.52 Å². The average Bonchev–Trinajstić information content (AvgIpc) is 2.82. The van der Waals surface area contributed by atoms with Crippen LogP contribution in [0.4, 0.5) is 0 Å². The van der Waals surface area contributed by atoms with Gasteiger partial charge in [-0.3, -0.25) is 4.79 Å². The molecule has 0 atom stereocenters. The number of amides is 1. The molecule has 0 spiro atoms. The summed E-state index contributed by atoms with van der Waals surface area (Å²) in [6, 6.07) is 7.61. The van der Waals surface area contributed by atoms with Gasteiger partial charge in [0.1, 0.15) is 5.69 Å². The molecule has 1 fully saturated rings. The number of nitrogens with one attached hydrogen (secondary N) is 2. The Morgan fingerprint density at radius 2 is 2.10 bits per heavy atom. The highest BCUT2D eigenvalue weighted by molar-refractivity contribution is 5.86. The average molecular weight is 310 g/mol. The Morgan fingerprint density at radius 1 is 1.38 bits per heavy atom. The van der Waals surface area contributed by atoms with Crippen molar-refractivity contribution in [1.29, 1.82) is 0 Å². The SMILES string of the molecule is CC1(NC(=O)Cc2noc3ccccc23)CCNCC1.Cl. The minimum Gasteiger partial charge on any atom is -0.356 e. The molecule has 1 aromatic carbocycles. The lowest BCUT2D eigenvalue weighted by Gasteiger charge is -2.34. The number of hydrogen-bond donors (Lipinski definition) is 2. The summed E-state index contributed by atoms with van der Waals surface area (Å²) in [7, 11) is 0. The van der Waals surface area contributed by atoms with Gasteiger partial charge in [-0.15, -0.1) is 12.4 Å². The second-order valence-electron chi connectivity index (χ2n) is 5.66. The molecule has 6 heteroatoms. The molecule has 3 rings (SSSR count). The number of rotatable bonds is 3. The van der Waals surface area contributed by atoms with Gasteiger partial charge in [0, 0.05) is 10.9 Å². The second kappa shape index (κ2) is 6.45. The van der Waals surface area contributed by atoms with Gasteiger partial charge in [0.05, 0.1) is 6.42 Å². The van der Waals surface area contributed by atoms with Crippen molar-refractivity contribution in [1.82, 2.24) is 15.8 Å². The number of carbonyl (C=O) groups excluding carboxylic acids is 1. The zero-order valence-electron chi connectivity index (χ0n) is 12.0. The van der Waals surface area contributed by atoms with E-state index in [0.717, 1.165) is 36.9 Å². The lowest BCUT2D eigenvalue weighted by atomic mass is 9.90. The molecule has 2 aromatic rings. The summed E-state index contributed by atoms with van der Waals surface area (Å²) < 4.78 is 5.23. The van der Waals surface area contributed by atoms with Gasteiger partial charge in [-0.25, -0.2) is 0 Å². The fourth-order valence-corrected chi connectivity index (χ4v) is 2.70. The predicted octanol–water partition coefficient (Wildman–Crippen LogP) is 2.05. The second-order valence-corrected chi connectivity index (χ2v) is 5.66. The fourth-order valence-electron chi connectivity index (χ4n) is 2.70. The van der Waals surface area contributed by atoms with Gasteiger partial charge in [-0.2, -0.15) is 0 Å². The van der Waals surface area contributed by atoms with Crippen molar-refractivity contribution in [3.63, 3.8) is 0 Å². The van der Waals surface area contributed by atoms with E-state index >= 15 is 0 Å². The fraction of sp³-hybridized carbons (Fsp3) is 0.467. The summed E-state index contributed by atoms with van der Waals surface area (Å²) in [4.78, 5) is 12.2. The summed E-state index contributed by atoms with van der Waals surface area (Å²) in [5.74, 6) is 0.00783. The van der Waals surface area contributed by atoms with E-state index in [1.807, 2.05) is 24.3 Å². The lowest BCUT2D eigenvalue weighted by Crippen LogP contribution is -2.52. The first kappa shape index (κ1) is 15.8. The molecule has 1 aliphatic rings. The maximum atomic E-state index is 12.2. The normalized spacial score (nSPS) is 17.2. The van der Waals surface area contributed by atoms with Crippen LogP contribution in [0, 0.1) is 0 Å². The van der Waals surface area contributed by atoms with Crippen LogP contribution in [-0.2, 0) is 11.2 Å². The summed E-state index contributed by atoms with van der Waals surface area (Å²) >= 11 is 0. The smallest absolute Gasteiger partial charge is 0.226 e. The number of piperidine rings is 1. The first-order valence-corrected chi connectivity index (χ1v) is 7.01.